The molecule has 1 fully saturated rings. The second kappa shape index (κ2) is 11.2. The van der Waals surface area contributed by atoms with E-state index in [4.69, 9.17) is 4.74 Å². The van der Waals surface area contributed by atoms with Gasteiger partial charge in [0.25, 0.3) is 0 Å². The van der Waals surface area contributed by atoms with Crippen molar-refractivity contribution in [3.8, 4) is 22.4 Å². The lowest BCUT2D eigenvalue weighted by atomic mass is 9.91. The van der Waals surface area contributed by atoms with Gasteiger partial charge in [-0.25, -0.2) is 9.78 Å². The number of ether oxygens (including phenoxy) is 1. The van der Waals surface area contributed by atoms with Gasteiger partial charge in [-0.05, 0) is 48.2 Å². The Labute approximate surface area is 222 Å². The average Bonchev–Trinajstić information content (AvgIpc) is 2.96. The fourth-order valence-corrected chi connectivity index (χ4v) is 4.62. The summed E-state index contributed by atoms with van der Waals surface area (Å²) in [6.07, 6.45) is -2.43. The van der Waals surface area contributed by atoms with Crippen LogP contribution in [0.25, 0.3) is 22.4 Å². The maximum Gasteiger partial charge on any atom is 0.416 e. The topological polar surface area (TPSA) is 68.2 Å². The van der Waals surface area contributed by atoms with Crippen molar-refractivity contribution in [2.45, 2.75) is 31.5 Å². The SMILES string of the molecule is O=C(OCc1ccccc1)N1CCC(c2cc(-c3ccnc(F)c3)c(-c3cccc(C(F)(F)F)c3)nn2)CC1. The van der Waals surface area contributed by atoms with Gasteiger partial charge in [-0.15, -0.1) is 5.10 Å². The predicted molar refractivity (Wildman–Crippen MR) is 136 cm³/mol. The van der Waals surface area contributed by atoms with Gasteiger partial charge in [0.2, 0.25) is 5.95 Å². The summed E-state index contributed by atoms with van der Waals surface area (Å²) in [6.45, 7) is 1.09. The molecule has 5 rings (SSSR count). The number of hydrogen-bond acceptors (Lipinski definition) is 5. The summed E-state index contributed by atoms with van der Waals surface area (Å²) < 4.78 is 59.5. The number of likely N-dealkylation sites (tertiary alicyclic amines) is 1. The number of hydrogen-bond donors (Lipinski definition) is 0. The molecule has 39 heavy (non-hydrogen) atoms. The van der Waals surface area contributed by atoms with Crippen molar-refractivity contribution in [2.24, 2.45) is 0 Å². The summed E-state index contributed by atoms with van der Waals surface area (Å²) in [5.74, 6) is -0.764. The van der Waals surface area contributed by atoms with E-state index < -0.39 is 23.8 Å². The molecule has 0 bridgehead atoms. The number of nitrogens with zero attached hydrogens (tertiary/aromatic N) is 4. The molecule has 0 atom stereocenters. The van der Waals surface area contributed by atoms with Gasteiger partial charge in [0.1, 0.15) is 12.3 Å². The third-order valence-corrected chi connectivity index (χ3v) is 6.69. The summed E-state index contributed by atoms with van der Waals surface area (Å²) in [7, 11) is 0. The van der Waals surface area contributed by atoms with Crippen LogP contribution in [-0.4, -0.2) is 39.3 Å². The van der Waals surface area contributed by atoms with Crippen molar-refractivity contribution in [2.75, 3.05) is 13.1 Å². The Balaban J connectivity index is 1.36. The molecule has 200 valence electrons. The van der Waals surface area contributed by atoms with Crippen LogP contribution in [0.5, 0.6) is 0 Å². The van der Waals surface area contributed by atoms with Crippen LogP contribution in [0.15, 0.2) is 79.0 Å². The first-order chi connectivity index (χ1) is 18.8. The van der Waals surface area contributed by atoms with Gasteiger partial charge in [0.15, 0.2) is 0 Å². The monoisotopic (exact) mass is 536 g/mol. The van der Waals surface area contributed by atoms with Gasteiger partial charge >= 0.3 is 12.3 Å². The molecule has 4 aromatic rings. The van der Waals surface area contributed by atoms with E-state index in [2.05, 4.69) is 15.2 Å². The molecule has 6 nitrogen and oxygen atoms in total. The summed E-state index contributed by atoms with van der Waals surface area (Å²) in [4.78, 5) is 17.8. The highest BCUT2D eigenvalue weighted by molar-refractivity contribution is 5.80. The van der Waals surface area contributed by atoms with Crippen LogP contribution in [0.2, 0.25) is 0 Å². The highest BCUT2D eigenvalue weighted by atomic mass is 19.4. The predicted octanol–water partition coefficient (Wildman–Crippen LogP) is 6.88. The fourth-order valence-electron chi connectivity index (χ4n) is 4.62. The highest BCUT2D eigenvalue weighted by Gasteiger charge is 2.31. The van der Waals surface area contributed by atoms with E-state index in [-0.39, 0.29) is 23.8 Å². The van der Waals surface area contributed by atoms with Crippen molar-refractivity contribution in [3.63, 3.8) is 0 Å². The lowest BCUT2D eigenvalue weighted by molar-refractivity contribution is -0.137. The van der Waals surface area contributed by atoms with E-state index in [1.165, 1.54) is 24.4 Å². The maximum absolute atomic E-state index is 14.0. The first-order valence-electron chi connectivity index (χ1n) is 12.4. The molecule has 1 aliphatic rings. The van der Waals surface area contributed by atoms with Gasteiger partial charge in [0.05, 0.1) is 11.3 Å². The quantitative estimate of drug-likeness (QED) is 0.206. The number of rotatable bonds is 5. The molecule has 1 aliphatic heterocycles. The second-order valence-corrected chi connectivity index (χ2v) is 9.28. The van der Waals surface area contributed by atoms with Gasteiger partial charge in [-0.3, -0.25) is 0 Å². The minimum Gasteiger partial charge on any atom is -0.445 e. The van der Waals surface area contributed by atoms with Gasteiger partial charge in [-0.1, -0.05) is 42.5 Å². The summed E-state index contributed by atoms with van der Waals surface area (Å²) >= 11 is 0. The molecule has 3 heterocycles. The molecule has 0 radical (unpaired) electrons. The Morgan fingerprint density at radius 2 is 1.69 bits per heavy atom. The maximum atomic E-state index is 14.0. The molecule has 0 aliphatic carbocycles. The Hall–Kier alpha value is -4.34. The van der Waals surface area contributed by atoms with Crippen molar-refractivity contribution in [3.05, 3.63) is 102 Å². The summed E-state index contributed by atoms with van der Waals surface area (Å²) in [5.41, 5.74) is 2.00. The van der Waals surface area contributed by atoms with E-state index in [9.17, 15) is 22.4 Å². The molecule has 0 saturated carbocycles. The smallest absolute Gasteiger partial charge is 0.416 e. The summed E-state index contributed by atoms with van der Waals surface area (Å²) in [6, 6.07) is 18.7. The molecule has 2 aromatic carbocycles. The Morgan fingerprint density at radius 1 is 0.923 bits per heavy atom. The van der Waals surface area contributed by atoms with Crippen LogP contribution in [-0.2, 0) is 17.5 Å². The van der Waals surface area contributed by atoms with Gasteiger partial charge < -0.3 is 9.64 Å². The molecule has 0 spiro atoms. The average molecular weight is 537 g/mol. The number of alkyl halides is 3. The van der Waals surface area contributed by atoms with Crippen LogP contribution >= 0.6 is 0 Å². The number of carbonyl (C=O) groups excluding carboxylic acids is 1. The van der Waals surface area contributed by atoms with E-state index in [0.29, 0.717) is 42.8 Å². The fraction of sp³-hybridized carbons (Fsp3) is 0.241. The lowest BCUT2D eigenvalue weighted by Gasteiger charge is -2.31. The molecule has 10 heteroatoms. The van der Waals surface area contributed by atoms with E-state index in [1.807, 2.05) is 30.3 Å². The van der Waals surface area contributed by atoms with Crippen LogP contribution in [0.4, 0.5) is 22.4 Å². The number of aromatic nitrogens is 3. The Bertz CT molecular complexity index is 1460. The molecular formula is C29H24F4N4O2. The largest absolute Gasteiger partial charge is 0.445 e. The Morgan fingerprint density at radius 3 is 2.41 bits per heavy atom. The van der Waals surface area contributed by atoms with Crippen molar-refractivity contribution in [1.29, 1.82) is 0 Å². The number of piperidine rings is 1. The first-order valence-corrected chi connectivity index (χ1v) is 12.4. The molecule has 0 N–H and O–H groups in total. The summed E-state index contributed by atoms with van der Waals surface area (Å²) in [5, 5.41) is 8.65. The Kier molecular flexibility index (Phi) is 7.53. The zero-order chi connectivity index (χ0) is 27.4. The number of amides is 1. The number of benzene rings is 2. The van der Waals surface area contributed by atoms with Crippen molar-refractivity contribution in [1.82, 2.24) is 20.1 Å². The zero-order valence-electron chi connectivity index (χ0n) is 20.7. The molecular weight excluding hydrogens is 512 g/mol. The highest BCUT2D eigenvalue weighted by Crippen LogP contribution is 2.37. The van der Waals surface area contributed by atoms with E-state index in [0.717, 1.165) is 17.7 Å². The molecule has 1 amide bonds. The van der Waals surface area contributed by atoms with E-state index in [1.54, 1.807) is 17.0 Å². The van der Waals surface area contributed by atoms with Crippen LogP contribution in [0, 0.1) is 5.95 Å². The molecule has 2 aromatic heterocycles. The van der Waals surface area contributed by atoms with E-state index >= 15 is 0 Å². The van der Waals surface area contributed by atoms with Gasteiger partial charge in [-0.2, -0.15) is 22.7 Å². The van der Waals surface area contributed by atoms with Crippen LogP contribution in [0.1, 0.15) is 35.6 Å². The normalized spacial score (nSPS) is 14.3. The van der Waals surface area contributed by atoms with Crippen LogP contribution < -0.4 is 0 Å². The number of carbonyl (C=O) groups is 1. The number of pyridine rings is 1. The van der Waals surface area contributed by atoms with Crippen molar-refractivity contribution < 1.29 is 27.1 Å². The molecule has 1 saturated heterocycles. The standard InChI is InChI=1S/C29H24F4N4O2/c30-26-16-21(9-12-34-26)24-17-25(35-36-27(24)22-7-4-8-23(15-22)29(31,32)33)20-10-13-37(14-11-20)28(38)39-18-19-5-2-1-3-6-19/h1-9,12,15-17,20H,10-11,13-14,18H2. The lowest BCUT2D eigenvalue weighted by Crippen LogP contribution is -2.38. The third-order valence-electron chi connectivity index (χ3n) is 6.69. The minimum atomic E-state index is -4.53. The molecule has 0 unspecified atom stereocenters. The number of halogens is 4. The van der Waals surface area contributed by atoms with Gasteiger partial charge in [0, 0.05) is 42.4 Å². The zero-order valence-corrected chi connectivity index (χ0v) is 20.7. The van der Waals surface area contributed by atoms with Crippen LogP contribution in [0.3, 0.4) is 0 Å². The minimum absolute atomic E-state index is 0.0448. The second-order valence-electron chi connectivity index (χ2n) is 9.28. The first kappa shape index (κ1) is 26.3. The third kappa shape index (κ3) is 6.22. The van der Waals surface area contributed by atoms with Crippen molar-refractivity contribution >= 4 is 6.09 Å².